The molecule has 4 nitrogen and oxygen atoms in total. The van der Waals surface area contributed by atoms with E-state index in [1.807, 2.05) is 41.8 Å². The van der Waals surface area contributed by atoms with Crippen LogP contribution in [0.5, 0.6) is 0 Å². The van der Waals surface area contributed by atoms with Gasteiger partial charge >= 0.3 is 0 Å². The molecule has 15 heavy (non-hydrogen) atoms. The predicted octanol–water partition coefficient (Wildman–Crippen LogP) is 2.11. The Balaban J connectivity index is 2.60. The van der Waals surface area contributed by atoms with Gasteiger partial charge in [0.05, 0.1) is 9.26 Å². The molecule has 0 aliphatic carbocycles. The van der Waals surface area contributed by atoms with Crippen LogP contribution in [0.2, 0.25) is 0 Å². The highest BCUT2D eigenvalue weighted by atomic mass is 127. The fraction of sp³-hybridized carbons (Fsp3) is 0.222. The van der Waals surface area contributed by atoms with Crippen molar-refractivity contribution in [2.75, 3.05) is 0 Å². The first-order chi connectivity index (χ1) is 7.08. The molecule has 0 radical (unpaired) electrons. The Morgan fingerprint density at radius 3 is 2.67 bits per heavy atom. The average molecular weight is 333 g/mol. The molecule has 2 rings (SSSR count). The van der Waals surface area contributed by atoms with Crippen LogP contribution in [0.3, 0.4) is 0 Å². The van der Waals surface area contributed by atoms with Crippen LogP contribution in [-0.4, -0.2) is 15.0 Å². The van der Waals surface area contributed by atoms with Crippen molar-refractivity contribution in [3.63, 3.8) is 0 Å². The summed E-state index contributed by atoms with van der Waals surface area (Å²) in [5.41, 5.74) is 1.57. The van der Waals surface area contributed by atoms with Crippen molar-refractivity contribution in [3.05, 3.63) is 30.7 Å². The van der Waals surface area contributed by atoms with E-state index in [9.17, 15) is 4.79 Å². The van der Waals surface area contributed by atoms with Gasteiger partial charge in [-0.2, -0.15) is 0 Å². The summed E-state index contributed by atoms with van der Waals surface area (Å²) in [7, 11) is 0. The summed E-state index contributed by atoms with van der Waals surface area (Å²) in [5, 5.41) is 2.69. The second-order valence-corrected chi connectivity index (χ2v) is 5.04. The summed E-state index contributed by atoms with van der Waals surface area (Å²) in [4.78, 5) is 22.8. The Hall–Kier alpha value is -0.760. The van der Waals surface area contributed by atoms with E-state index >= 15 is 0 Å². The molecule has 0 aliphatic rings. The van der Waals surface area contributed by atoms with Crippen LogP contribution in [-0.2, 0) is 0 Å². The SMILES string of the molecule is Cc1csc(-c2nc(C)c(I)c(=O)[nH]2)n1. The number of aromatic nitrogens is 3. The topological polar surface area (TPSA) is 58.6 Å². The zero-order valence-electron chi connectivity index (χ0n) is 8.17. The second-order valence-electron chi connectivity index (χ2n) is 3.11. The number of hydrogen-bond donors (Lipinski definition) is 1. The van der Waals surface area contributed by atoms with Crippen molar-refractivity contribution in [1.82, 2.24) is 15.0 Å². The van der Waals surface area contributed by atoms with Crippen molar-refractivity contribution in [2.24, 2.45) is 0 Å². The molecule has 0 atom stereocenters. The van der Waals surface area contributed by atoms with Gasteiger partial charge in [0.2, 0.25) is 0 Å². The zero-order valence-corrected chi connectivity index (χ0v) is 11.1. The lowest BCUT2D eigenvalue weighted by atomic mass is 10.4. The van der Waals surface area contributed by atoms with Crippen LogP contribution < -0.4 is 5.56 Å². The van der Waals surface area contributed by atoms with Gasteiger partial charge in [0, 0.05) is 11.1 Å². The number of nitrogens with one attached hydrogen (secondary N) is 1. The molecule has 0 aliphatic heterocycles. The highest BCUT2D eigenvalue weighted by molar-refractivity contribution is 14.1. The van der Waals surface area contributed by atoms with Crippen LogP contribution >= 0.6 is 33.9 Å². The third kappa shape index (κ3) is 2.10. The van der Waals surface area contributed by atoms with Crippen LogP contribution in [0.4, 0.5) is 0 Å². The number of nitrogens with zero attached hydrogens (tertiary/aromatic N) is 2. The Bertz CT molecular complexity index is 561. The monoisotopic (exact) mass is 333 g/mol. The van der Waals surface area contributed by atoms with Gasteiger partial charge in [-0.15, -0.1) is 11.3 Å². The van der Waals surface area contributed by atoms with Gasteiger partial charge in [0.15, 0.2) is 10.8 Å². The number of hydrogen-bond acceptors (Lipinski definition) is 4. The third-order valence-electron chi connectivity index (χ3n) is 1.85. The molecule has 0 fully saturated rings. The molecule has 0 saturated carbocycles. The standard InChI is InChI=1S/C9H8IN3OS/c1-4-3-15-9(11-4)7-12-5(2)6(10)8(14)13-7/h3H,1-2H3,(H,12,13,14). The molecule has 0 spiro atoms. The molecule has 0 aromatic carbocycles. The summed E-state index contributed by atoms with van der Waals surface area (Å²) < 4.78 is 0.629. The van der Waals surface area contributed by atoms with Gasteiger partial charge in [0.25, 0.3) is 5.56 Å². The van der Waals surface area contributed by atoms with Crippen molar-refractivity contribution in [1.29, 1.82) is 0 Å². The highest BCUT2D eigenvalue weighted by Gasteiger charge is 2.09. The third-order valence-corrected chi connectivity index (χ3v) is 4.09. The summed E-state index contributed by atoms with van der Waals surface area (Å²) >= 11 is 3.47. The maximum Gasteiger partial charge on any atom is 0.264 e. The lowest BCUT2D eigenvalue weighted by molar-refractivity contribution is 1.04. The van der Waals surface area contributed by atoms with Crippen molar-refractivity contribution in [2.45, 2.75) is 13.8 Å². The van der Waals surface area contributed by atoms with Crippen molar-refractivity contribution < 1.29 is 0 Å². The summed E-state index contributed by atoms with van der Waals surface area (Å²) in [5.74, 6) is 0.552. The molecule has 0 bridgehead atoms. The number of aromatic amines is 1. The van der Waals surface area contributed by atoms with E-state index in [1.54, 1.807) is 0 Å². The Morgan fingerprint density at radius 2 is 2.13 bits per heavy atom. The lowest BCUT2D eigenvalue weighted by Crippen LogP contribution is -2.14. The molecule has 78 valence electrons. The molecule has 2 aromatic rings. The maximum absolute atomic E-state index is 11.5. The van der Waals surface area contributed by atoms with E-state index in [2.05, 4.69) is 15.0 Å². The van der Waals surface area contributed by atoms with Gasteiger partial charge in [-0.25, -0.2) is 9.97 Å². The normalized spacial score (nSPS) is 10.6. The first-order valence-electron chi connectivity index (χ1n) is 4.27. The minimum Gasteiger partial charge on any atom is -0.304 e. The van der Waals surface area contributed by atoms with Crippen LogP contribution in [0.15, 0.2) is 10.2 Å². The fourth-order valence-electron chi connectivity index (χ4n) is 1.14. The molecular formula is C9H8IN3OS. The average Bonchev–Trinajstić information content (AvgIpc) is 2.60. The molecule has 0 unspecified atom stereocenters. The second kappa shape index (κ2) is 4.01. The van der Waals surface area contributed by atoms with E-state index in [0.29, 0.717) is 9.39 Å². The summed E-state index contributed by atoms with van der Waals surface area (Å²) in [6.07, 6.45) is 0. The van der Waals surface area contributed by atoms with Crippen LogP contribution in [0, 0.1) is 17.4 Å². The number of aryl methyl sites for hydroxylation is 2. The van der Waals surface area contributed by atoms with E-state index in [0.717, 1.165) is 16.4 Å². The molecule has 0 saturated heterocycles. The first-order valence-corrected chi connectivity index (χ1v) is 6.22. The number of halogens is 1. The van der Waals surface area contributed by atoms with E-state index in [1.165, 1.54) is 11.3 Å². The molecule has 2 heterocycles. The Morgan fingerprint density at radius 1 is 1.40 bits per heavy atom. The number of H-pyrrole nitrogens is 1. The lowest BCUT2D eigenvalue weighted by Gasteiger charge is -1.99. The van der Waals surface area contributed by atoms with Crippen molar-refractivity contribution in [3.8, 4) is 10.8 Å². The van der Waals surface area contributed by atoms with Gasteiger partial charge in [-0.1, -0.05) is 0 Å². The molecular weight excluding hydrogens is 325 g/mol. The fourth-order valence-corrected chi connectivity index (χ4v) is 2.13. The van der Waals surface area contributed by atoms with Crippen LogP contribution in [0.1, 0.15) is 11.4 Å². The van der Waals surface area contributed by atoms with Gasteiger partial charge < -0.3 is 4.98 Å². The molecule has 6 heteroatoms. The smallest absolute Gasteiger partial charge is 0.264 e. The van der Waals surface area contributed by atoms with E-state index in [-0.39, 0.29) is 5.56 Å². The van der Waals surface area contributed by atoms with Gasteiger partial charge in [-0.05, 0) is 36.4 Å². The molecule has 1 N–H and O–H groups in total. The Kier molecular flexibility index (Phi) is 2.87. The van der Waals surface area contributed by atoms with Crippen LogP contribution in [0.25, 0.3) is 10.8 Å². The quantitative estimate of drug-likeness (QED) is 0.814. The Labute approximate surface area is 104 Å². The summed E-state index contributed by atoms with van der Waals surface area (Å²) in [6.45, 7) is 3.73. The number of thiazole rings is 1. The van der Waals surface area contributed by atoms with E-state index in [4.69, 9.17) is 0 Å². The summed E-state index contributed by atoms with van der Waals surface area (Å²) in [6, 6.07) is 0. The first kappa shape index (κ1) is 10.7. The molecule has 2 aromatic heterocycles. The van der Waals surface area contributed by atoms with Gasteiger partial charge in [0.1, 0.15) is 0 Å². The van der Waals surface area contributed by atoms with E-state index < -0.39 is 0 Å². The highest BCUT2D eigenvalue weighted by Crippen LogP contribution is 2.19. The molecule has 0 amide bonds. The maximum atomic E-state index is 11.5. The predicted molar refractivity (Wildman–Crippen MR) is 68.2 cm³/mol. The minimum absolute atomic E-state index is 0.106. The van der Waals surface area contributed by atoms with Gasteiger partial charge in [-0.3, -0.25) is 4.79 Å². The largest absolute Gasteiger partial charge is 0.304 e. The van der Waals surface area contributed by atoms with Crippen molar-refractivity contribution >= 4 is 33.9 Å². The zero-order chi connectivity index (χ0) is 11.0. The number of rotatable bonds is 1. The minimum atomic E-state index is -0.106.